The van der Waals surface area contributed by atoms with Crippen molar-refractivity contribution in [3.8, 4) is 23.0 Å². The third kappa shape index (κ3) is 6.31. The Balaban J connectivity index is 1.87. The van der Waals surface area contributed by atoms with E-state index in [1.54, 1.807) is 28.4 Å². The van der Waals surface area contributed by atoms with Crippen LogP contribution in [0.2, 0.25) is 0 Å². The van der Waals surface area contributed by atoms with Crippen molar-refractivity contribution >= 4 is 11.9 Å². The molecule has 0 bridgehead atoms. The molecule has 3 aromatic rings. The molecule has 212 valence electrons. The molecule has 2 N–H and O–H groups in total. The largest absolute Gasteiger partial charge is 0.493 e. The van der Waals surface area contributed by atoms with Gasteiger partial charge in [-0.1, -0.05) is 36.4 Å². The van der Waals surface area contributed by atoms with Gasteiger partial charge in [0.15, 0.2) is 23.0 Å². The van der Waals surface area contributed by atoms with Crippen molar-refractivity contribution in [2.45, 2.75) is 31.3 Å². The van der Waals surface area contributed by atoms with Crippen LogP contribution in [0.25, 0.3) is 0 Å². The minimum Gasteiger partial charge on any atom is -0.493 e. The van der Waals surface area contributed by atoms with Gasteiger partial charge in [-0.05, 0) is 65.8 Å². The highest BCUT2D eigenvalue weighted by Gasteiger charge is 2.36. The molecule has 0 saturated heterocycles. The molecule has 1 amide bonds. The number of carboxylic acid groups (broad SMARTS) is 1. The molecule has 1 heterocycles. The zero-order valence-corrected chi connectivity index (χ0v) is 23.3. The molecule has 0 aliphatic carbocycles. The minimum atomic E-state index is -1.10. The molecule has 3 aromatic carbocycles. The van der Waals surface area contributed by atoms with Crippen LogP contribution < -0.4 is 24.3 Å². The fraction of sp³-hybridized carbons (Fsp3) is 0.355. The quantitative estimate of drug-likeness (QED) is 0.367. The van der Waals surface area contributed by atoms with Gasteiger partial charge in [0.05, 0.1) is 28.4 Å². The van der Waals surface area contributed by atoms with Crippen LogP contribution in [0.4, 0.5) is 0 Å². The number of benzene rings is 3. The smallest absolute Gasteiger partial charge is 0.322 e. The number of fused-ring (bicyclic) bond motifs is 1. The van der Waals surface area contributed by atoms with Crippen LogP contribution in [0.3, 0.4) is 0 Å². The van der Waals surface area contributed by atoms with Crippen LogP contribution in [0.15, 0.2) is 60.7 Å². The molecule has 9 heteroatoms. The summed E-state index contributed by atoms with van der Waals surface area (Å²) < 4.78 is 22.3. The lowest BCUT2D eigenvalue weighted by molar-refractivity contribution is -0.139. The van der Waals surface area contributed by atoms with Gasteiger partial charge in [-0.15, -0.1) is 0 Å². The van der Waals surface area contributed by atoms with Crippen molar-refractivity contribution in [3.63, 3.8) is 0 Å². The van der Waals surface area contributed by atoms with E-state index in [0.717, 1.165) is 35.1 Å². The summed E-state index contributed by atoms with van der Waals surface area (Å²) in [6.07, 6.45) is 2.13. The average molecular weight is 549 g/mol. The lowest BCUT2D eigenvalue weighted by Crippen LogP contribution is -2.44. The SMILES string of the molecule is COc1ccc(CC2c3cc(OC)c(OC)cc3CCCN2C(C(=O)NCC(=O)O)c2ccccc2)cc1OC. The highest BCUT2D eigenvalue weighted by molar-refractivity contribution is 5.86. The summed E-state index contributed by atoms with van der Waals surface area (Å²) in [4.78, 5) is 27.2. The van der Waals surface area contributed by atoms with E-state index in [0.29, 0.717) is 36.0 Å². The first-order valence-electron chi connectivity index (χ1n) is 13.2. The van der Waals surface area contributed by atoms with E-state index < -0.39 is 18.6 Å². The van der Waals surface area contributed by atoms with E-state index in [1.165, 1.54) is 0 Å². The van der Waals surface area contributed by atoms with Crippen LogP contribution in [-0.4, -0.2) is 63.4 Å². The van der Waals surface area contributed by atoms with E-state index in [1.807, 2.05) is 60.7 Å². The van der Waals surface area contributed by atoms with Crippen molar-refractivity contribution in [3.05, 3.63) is 82.9 Å². The van der Waals surface area contributed by atoms with E-state index >= 15 is 0 Å². The maximum Gasteiger partial charge on any atom is 0.322 e. The monoisotopic (exact) mass is 548 g/mol. The molecule has 0 aromatic heterocycles. The Hall–Kier alpha value is -4.24. The number of carbonyl (C=O) groups is 2. The number of rotatable bonds is 11. The molecule has 0 saturated carbocycles. The summed E-state index contributed by atoms with van der Waals surface area (Å²) in [5, 5.41) is 11.9. The fourth-order valence-electron chi connectivity index (χ4n) is 5.41. The number of hydrogen-bond acceptors (Lipinski definition) is 7. The van der Waals surface area contributed by atoms with Crippen LogP contribution >= 0.6 is 0 Å². The predicted molar refractivity (Wildman–Crippen MR) is 150 cm³/mol. The zero-order valence-electron chi connectivity index (χ0n) is 23.3. The van der Waals surface area contributed by atoms with E-state index in [9.17, 15) is 14.7 Å². The normalized spacial score (nSPS) is 15.8. The second kappa shape index (κ2) is 13.2. The molecule has 0 radical (unpaired) electrons. The number of ether oxygens (including phenoxy) is 4. The van der Waals surface area contributed by atoms with Crippen LogP contribution in [0, 0.1) is 0 Å². The van der Waals surface area contributed by atoms with Gasteiger partial charge in [0.2, 0.25) is 5.91 Å². The molecule has 9 nitrogen and oxygen atoms in total. The maximum absolute atomic E-state index is 13.7. The number of nitrogens with one attached hydrogen (secondary N) is 1. The van der Waals surface area contributed by atoms with Crippen molar-refractivity contribution in [1.29, 1.82) is 0 Å². The van der Waals surface area contributed by atoms with Crippen molar-refractivity contribution in [2.24, 2.45) is 0 Å². The molecule has 1 aliphatic rings. The molecular formula is C31H36N2O7. The Bertz CT molecular complexity index is 1330. The standard InChI is InChI=1S/C31H36N2O7/c1-37-25-13-12-20(16-26(25)38-2)15-24-23-18-28(40-4)27(39-3)17-22(23)11-8-14-33(24)30(21-9-6-5-7-10-21)31(36)32-19-29(34)35/h5-7,9-10,12-13,16-18,24,30H,8,11,14-15,19H2,1-4H3,(H,32,36)(H,34,35). The first kappa shape index (κ1) is 28.8. The Morgan fingerprint density at radius 3 is 2.20 bits per heavy atom. The molecular weight excluding hydrogens is 512 g/mol. The Morgan fingerprint density at radius 1 is 0.900 bits per heavy atom. The van der Waals surface area contributed by atoms with E-state index in [-0.39, 0.29) is 11.9 Å². The Morgan fingerprint density at radius 2 is 1.55 bits per heavy atom. The first-order chi connectivity index (χ1) is 19.4. The number of carboxylic acids is 1. The second-order valence-corrected chi connectivity index (χ2v) is 9.58. The number of aliphatic carboxylic acids is 1. The topological polar surface area (TPSA) is 107 Å². The van der Waals surface area contributed by atoms with Gasteiger partial charge < -0.3 is 29.4 Å². The van der Waals surface area contributed by atoms with Crippen molar-refractivity contribution < 1.29 is 33.6 Å². The number of methoxy groups -OCH3 is 4. The summed E-state index contributed by atoms with van der Waals surface area (Å²) in [5.41, 5.74) is 3.92. The number of nitrogens with zero attached hydrogens (tertiary/aromatic N) is 1. The minimum absolute atomic E-state index is 0.254. The molecule has 40 heavy (non-hydrogen) atoms. The lowest BCUT2D eigenvalue weighted by atomic mass is 9.91. The van der Waals surface area contributed by atoms with Crippen LogP contribution in [0.5, 0.6) is 23.0 Å². The van der Waals surface area contributed by atoms with Crippen molar-refractivity contribution in [1.82, 2.24) is 10.2 Å². The van der Waals surface area contributed by atoms with Gasteiger partial charge in [0.25, 0.3) is 0 Å². The van der Waals surface area contributed by atoms with Gasteiger partial charge in [-0.3, -0.25) is 14.5 Å². The summed E-state index contributed by atoms with van der Waals surface area (Å²) in [6.45, 7) is 0.148. The zero-order chi connectivity index (χ0) is 28.6. The summed E-state index contributed by atoms with van der Waals surface area (Å²) in [6, 6.07) is 18.3. The van der Waals surface area contributed by atoms with Gasteiger partial charge in [-0.2, -0.15) is 0 Å². The molecule has 0 spiro atoms. The number of hydrogen-bond donors (Lipinski definition) is 2. The first-order valence-corrected chi connectivity index (χ1v) is 13.2. The lowest BCUT2D eigenvalue weighted by Gasteiger charge is -2.37. The predicted octanol–water partition coefficient (Wildman–Crippen LogP) is 4.20. The molecule has 1 aliphatic heterocycles. The third-order valence-corrected chi connectivity index (χ3v) is 7.25. The summed E-state index contributed by atoms with van der Waals surface area (Å²) >= 11 is 0. The van der Waals surface area contributed by atoms with E-state index in [4.69, 9.17) is 18.9 Å². The van der Waals surface area contributed by atoms with Gasteiger partial charge >= 0.3 is 5.97 Å². The average Bonchev–Trinajstić information content (AvgIpc) is 3.14. The summed E-state index contributed by atoms with van der Waals surface area (Å²) in [7, 11) is 6.42. The van der Waals surface area contributed by atoms with Gasteiger partial charge in [0, 0.05) is 12.6 Å². The van der Waals surface area contributed by atoms with Gasteiger partial charge in [-0.25, -0.2) is 0 Å². The molecule has 4 rings (SSSR count). The fourth-order valence-corrected chi connectivity index (χ4v) is 5.41. The third-order valence-electron chi connectivity index (χ3n) is 7.25. The molecule has 2 atom stereocenters. The molecule has 2 unspecified atom stereocenters. The Kier molecular flexibility index (Phi) is 9.50. The number of aryl methyl sites for hydroxylation is 1. The molecule has 0 fully saturated rings. The van der Waals surface area contributed by atoms with Crippen LogP contribution in [-0.2, 0) is 22.4 Å². The maximum atomic E-state index is 13.7. The number of amides is 1. The highest BCUT2D eigenvalue weighted by Crippen LogP contribution is 2.42. The second-order valence-electron chi connectivity index (χ2n) is 9.58. The number of carbonyl (C=O) groups excluding carboxylic acids is 1. The Labute approximate surface area is 234 Å². The highest BCUT2D eigenvalue weighted by atomic mass is 16.5. The summed E-state index contributed by atoms with van der Waals surface area (Å²) in [5.74, 6) is 1.04. The van der Waals surface area contributed by atoms with Crippen molar-refractivity contribution in [2.75, 3.05) is 41.5 Å². The van der Waals surface area contributed by atoms with Crippen LogP contribution in [0.1, 0.15) is 40.8 Å². The van der Waals surface area contributed by atoms with Gasteiger partial charge in [0.1, 0.15) is 12.6 Å². The van der Waals surface area contributed by atoms with E-state index in [2.05, 4.69) is 10.2 Å².